The van der Waals surface area contributed by atoms with E-state index < -0.39 is 0 Å². The number of aromatic nitrogens is 1. The van der Waals surface area contributed by atoms with Gasteiger partial charge < -0.3 is 0 Å². The first-order valence-electron chi connectivity index (χ1n) is 7.47. The maximum Gasteiger partial charge on any atom is 0.228 e. The molecule has 1 saturated carbocycles. The Morgan fingerprint density at radius 1 is 1.00 bits per heavy atom. The van der Waals surface area contributed by atoms with Gasteiger partial charge in [0.15, 0.2) is 0 Å². The number of para-hydroxylation sites is 1. The summed E-state index contributed by atoms with van der Waals surface area (Å²) in [4.78, 5) is 12.3. The zero-order valence-corrected chi connectivity index (χ0v) is 12.0. The van der Waals surface area contributed by atoms with E-state index in [1.807, 2.05) is 28.8 Å². The van der Waals surface area contributed by atoms with Crippen LogP contribution >= 0.6 is 0 Å². The summed E-state index contributed by atoms with van der Waals surface area (Å²) in [5.74, 6) is 0.683. The van der Waals surface area contributed by atoms with Gasteiger partial charge in [-0.15, -0.1) is 0 Å². The van der Waals surface area contributed by atoms with E-state index in [0.717, 1.165) is 16.8 Å². The Kier molecular flexibility index (Phi) is 2.71. The molecule has 0 saturated heterocycles. The molecule has 104 valence electrons. The summed E-state index contributed by atoms with van der Waals surface area (Å²) in [5.41, 5.74) is 4.61. The number of carbonyl (C=O) groups is 1. The Bertz CT molecular complexity index is 825. The number of rotatable bonds is 2. The average molecular weight is 275 g/mol. The highest BCUT2D eigenvalue weighted by atomic mass is 16.1. The van der Waals surface area contributed by atoms with Gasteiger partial charge >= 0.3 is 0 Å². The molecule has 0 aliphatic heterocycles. The Morgan fingerprint density at radius 3 is 2.33 bits per heavy atom. The summed E-state index contributed by atoms with van der Waals surface area (Å²) < 4.78 is 1.89. The van der Waals surface area contributed by atoms with Crippen molar-refractivity contribution in [2.45, 2.75) is 25.7 Å². The molecule has 1 aliphatic rings. The summed E-state index contributed by atoms with van der Waals surface area (Å²) in [6.07, 6.45) is 2.46. The molecule has 0 atom stereocenters. The van der Waals surface area contributed by atoms with E-state index in [0.29, 0.717) is 5.92 Å². The van der Waals surface area contributed by atoms with Gasteiger partial charge in [0, 0.05) is 12.3 Å². The van der Waals surface area contributed by atoms with Gasteiger partial charge in [-0.3, -0.25) is 9.36 Å². The van der Waals surface area contributed by atoms with E-state index in [4.69, 9.17) is 0 Å². The first-order chi connectivity index (χ1) is 10.3. The normalized spacial score (nSPS) is 14.5. The van der Waals surface area contributed by atoms with Gasteiger partial charge in [0.25, 0.3) is 0 Å². The van der Waals surface area contributed by atoms with Crippen LogP contribution in [0.5, 0.6) is 0 Å². The number of fused-ring (bicyclic) bond motifs is 1. The van der Waals surface area contributed by atoms with Crippen molar-refractivity contribution < 1.29 is 4.79 Å². The van der Waals surface area contributed by atoms with Crippen molar-refractivity contribution in [2.75, 3.05) is 0 Å². The minimum Gasteiger partial charge on any atom is -0.280 e. The highest BCUT2D eigenvalue weighted by molar-refractivity contribution is 6.01. The fourth-order valence-corrected chi connectivity index (χ4v) is 3.26. The molecule has 2 aromatic carbocycles. The smallest absolute Gasteiger partial charge is 0.228 e. The molecule has 2 nitrogen and oxygen atoms in total. The van der Waals surface area contributed by atoms with Gasteiger partial charge in [0.2, 0.25) is 5.91 Å². The van der Waals surface area contributed by atoms with Gasteiger partial charge in [-0.1, -0.05) is 48.5 Å². The quantitative estimate of drug-likeness (QED) is 0.655. The predicted molar refractivity (Wildman–Crippen MR) is 85.6 cm³/mol. The van der Waals surface area contributed by atoms with Crippen molar-refractivity contribution in [1.29, 1.82) is 0 Å². The summed E-state index contributed by atoms with van der Waals surface area (Å²) in [6.45, 7) is 1.65. The Labute approximate surface area is 124 Å². The molecule has 0 N–H and O–H groups in total. The van der Waals surface area contributed by atoms with Crippen LogP contribution in [-0.2, 0) is 0 Å². The molecular formula is C19H17NO. The summed E-state index contributed by atoms with van der Waals surface area (Å²) in [7, 11) is 0. The van der Waals surface area contributed by atoms with Crippen molar-refractivity contribution in [3.05, 3.63) is 60.2 Å². The zero-order chi connectivity index (χ0) is 14.4. The molecule has 1 fully saturated rings. The van der Waals surface area contributed by atoms with E-state index in [9.17, 15) is 4.79 Å². The van der Waals surface area contributed by atoms with Gasteiger partial charge in [0.1, 0.15) is 0 Å². The van der Waals surface area contributed by atoms with Gasteiger partial charge in [-0.25, -0.2) is 0 Å². The monoisotopic (exact) mass is 275 g/mol. The lowest BCUT2D eigenvalue weighted by atomic mass is 10.0. The third-order valence-electron chi connectivity index (χ3n) is 4.26. The second-order valence-corrected chi connectivity index (χ2v) is 5.77. The largest absolute Gasteiger partial charge is 0.280 e. The molecule has 0 unspecified atom stereocenters. The Hall–Kier alpha value is -2.35. The lowest BCUT2D eigenvalue weighted by Gasteiger charge is -2.09. The van der Waals surface area contributed by atoms with Crippen LogP contribution in [0.4, 0.5) is 0 Å². The summed E-state index contributed by atoms with van der Waals surface area (Å²) in [5, 5.41) is 1.23. The lowest BCUT2D eigenvalue weighted by Crippen LogP contribution is -2.07. The van der Waals surface area contributed by atoms with E-state index in [1.165, 1.54) is 23.8 Å². The van der Waals surface area contributed by atoms with Crippen molar-refractivity contribution in [3.8, 4) is 11.3 Å². The molecular weight excluding hydrogens is 258 g/mol. The van der Waals surface area contributed by atoms with Crippen LogP contribution < -0.4 is 0 Å². The maximum atomic E-state index is 12.3. The fraction of sp³-hybridized carbons (Fsp3) is 0.211. The molecule has 3 aromatic rings. The van der Waals surface area contributed by atoms with Crippen LogP contribution in [0.2, 0.25) is 0 Å². The van der Waals surface area contributed by atoms with Crippen LogP contribution in [0.1, 0.15) is 36.0 Å². The zero-order valence-electron chi connectivity index (χ0n) is 12.0. The molecule has 1 aliphatic carbocycles. The van der Waals surface area contributed by atoms with Crippen LogP contribution in [0.25, 0.3) is 22.2 Å². The average Bonchev–Trinajstić information content (AvgIpc) is 3.28. The van der Waals surface area contributed by atoms with E-state index >= 15 is 0 Å². The molecule has 0 radical (unpaired) electrons. The van der Waals surface area contributed by atoms with Gasteiger partial charge in [-0.05, 0) is 36.0 Å². The number of hydrogen-bond donors (Lipinski definition) is 0. The summed E-state index contributed by atoms with van der Waals surface area (Å²) >= 11 is 0. The van der Waals surface area contributed by atoms with E-state index in [1.54, 1.807) is 6.92 Å². The van der Waals surface area contributed by atoms with Crippen LogP contribution in [0.3, 0.4) is 0 Å². The van der Waals surface area contributed by atoms with Crippen LogP contribution in [-0.4, -0.2) is 10.5 Å². The molecule has 0 spiro atoms. The molecule has 21 heavy (non-hydrogen) atoms. The van der Waals surface area contributed by atoms with Crippen molar-refractivity contribution in [1.82, 2.24) is 4.57 Å². The maximum absolute atomic E-state index is 12.3. The first kappa shape index (κ1) is 12.4. The van der Waals surface area contributed by atoms with Gasteiger partial charge in [-0.2, -0.15) is 0 Å². The SMILES string of the molecule is CC(=O)n1c(-c2ccccc2)c(C2CC2)c2ccccc21. The second kappa shape index (κ2) is 4.59. The van der Waals surface area contributed by atoms with Crippen LogP contribution in [0, 0.1) is 0 Å². The standard InChI is InChI=1S/C19H17NO/c1-13(21)20-17-10-6-5-9-16(17)18(14-11-12-14)19(20)15-7-3-2-4-8-15/h2-10,14H,11-12H2,1H3. The number of nitrogens with zero attached hydrogens (tertiary/aromatic N) is 1. The number of benzene rings is 2. The van der Waals surface area contributed by atoms with Crippen molar-refractivity contribution in [2.24, 2.45) is 0 Å². The molecule has 4 rings (SSSR count). The molecule has 1 heterocycles. The van der Waals surface area contributed by atoms with Crippen molar-refractivity contribution >= 4 is 16.8 Å². The van der Waals surface area contributed by atoms with Gasteiger partial charge in [0.05, 0.1) is 11.2 Å². The fourth-order valence-electron chi connectivity index (χ4n) is 3.26. The molecule has 0 bridgehead atoms. The van der Waals surface area contributed by atoms with E-state index in [2.05, 4.69) is 30.3 Å². The predicted octanol–water partition coefficient (Wildman–Crippen LogP) is 4.85. The minimum absolute atomic E-state index is 0.0805. The first-order valence-corrected chi connectivity index (χ1v) is 7.47. The van der Waals surface area contributed by atoms with E-state index in [-0.39, 0.29) is 5.91 Å². The third kappa shape index (κ3) is 1.90. The summed E-state index contributed by atoms with van der Waals surface area (Å²) in [6, 6.07) is 18.5. The number of carbonyl (C=O) groups excluding carboxylic acids is 1. The Morgan fingerprint density at radius 2 is 1.67 bits per heavy atom. The minimum atomic E-state index is 0.0805. The highest BCUT2D eigenvalue weighted by Gasteiger charge is 2.32. The molecule has 1 aromatic heterocycles. The highest BCUT2D eigenvalue weighted by Crippen LogP contribution is 2.48. The van der Waals surface area contributed by atoms with Crippen LogP contribution in [0.15, 0.2) is 54.6 Å². The van der Waals surface area contributed by atoms with Crippen molar-refractivity contribution in [3.63, 3.8) is 0 Å². The Balaban J connectivity index is 2.14. The number of hydrogen-bond acceptors (Lipinski definition) is 1. The third-order valence-corrected chi connectivity index (χ3v) is 4.26. The lowest BCUT2D eigenvalue weighted by molar-refractivity contribution is 0.0943. The second-order valence-electron chi connectivity index (χ2n) is 5.77. The topological polar surface area (TPSA) is 22.0 Å². The molecule has 0 amide bonds. The molecule has 2 heteroatoms.